The Morgan fingerprint density at radius 3 is 2.82 bits per heavy atom. The molecule has 2 aromatic rings. The van der Waals surface area contributed by atoms with Crippen LogP contribution in [0.4, 0.5) is 11.5 Å². The van der Waals surface area contributed by atoms with Crippen molar-refractivity contribution in [3.05, 3.63) is 40.4 Å². The molecule has 2 aliphatic heterocycles. The summed E-state index contributed by atoms with van der Waals surface area (Å²) in [5, 5.41) is 15.2. The highest BCUT2D eigenvalue weighted by Gasteiger charge is 2.42. The number of aryl methyl sites for hydroxylation is 1. The lowest BCUT2D eigenvalue weighted by Crippen LogP contribution is -2.54. The summed E-state index contributed by atoms with van der Waals surface area (Å²) in [4.78, 5) is 23.5. The Morgan fingerprint density at radius 1 is 1.44 bits per heavy atom. The number of hydrogen-bond donors (Lipinski definition) is 2. The van der Waals surface area contributed by atoms with Gasteiger partial charge in [0.05, 0.1) is 18.8 Å². The van der Waals surface area contributed by atoms with Crippen LogP contribution in [0.3, 0.4) is 0 Å². The molecule has 0 radical (unpaired) electrons. The molecule has 0 aromatic carbocycles. The molecule has 4 heterocycles. The molecule has 184 valence electrons. The van der Waals surface area contributed by atoms with Crippen molar-refractivity contribution < 1.29 is 14.4 Å². The van der Waals surface area contributed by atoms with E-state index in [2.05, 4.69) is 27.8 Å². The summed E-state index contributed by atoms with van der Waals surface area (Å²) in [5.74, 6) is 1.32. The van der Waals surface area contributed by atoms with Gasteiger partial charge >= 0.3 is 0 Å². The zero-order chi connectivity index (χ0) is 24.6. The molecule has 4 rings (SSSR count). The second-order valence-corrected chi connectivity index (χ2v) is 9.44. The van der Waals surface area contributed by atoms with Crippen LogP contribution in [-0.4, -0.2) is 64.9 Å². The fraction of sp³-hybridized carbons (Fsp3) is 0.542. The predicted molar refractivity (Wildman–Crippen MR) is 132 cm³/mol. The molecule has 2 unspecified atom stereocenters. The first kappa shape index (κ1) is 24.0. The number of allylic oxidation sites excluding steroid dienone is 2. The molecule has 34 heavy (non-hydrogen) atoms. The van der Waals surface area contributed by atoms with Crippen LogP contribution in [0.2, 0.25) is 0 Å². The van der Waals surface area contributed by atoms with E-state index >= 15 is 0 Å². The Bertz CT molecular complexity index is 1100. The van der Waals surface area contributed by atoms with Gasteiger partial charge in [-0.3, -0.25) is 14.7 Å². The summed E-state index contributed by atoms with van der Waals surface area (Å²) < 4.78 is 7.22. The first-order chi connectivity index (χ1) is 16.2. The van der Waals surface area contributed by atoms with Gasteiger partial charge in [0.2, 0.25) is 6.35 Å². The van der Waals surface area contributed by atoms with Crippen molar-refractivity contribution >= 4 is 24.1 Å². The minimum atomic E-state index is -1.16. The normalized spacial score (nSPS) is 20.5. The monoisotopic (exact) mass is 469 g/mol. The van der Waals surface area contributed by atoms with Crippen molar-refractivity contribution in [1.29, 1.82) is 0 Å². The van der Waals surface area contributed by atoms with Crippen LogP contribution < -0.4 is 15.5 Å². The van der Waals surface area contributed by atoms with Gasteiger partial charge in [-0.25, -0.2) is 0 Å². The Labute approximate surface area is 200 Å². The van der Waals surface area contributed by atoms with Gasteiger partial charge in [-0.1, -0.05) is 16.8 Å². The second-order valence-electron chi connectivity index (χ2n) is 9.44. The van der Waals surface area contributed by atoms with Crippen LogP contribution in [0.25, 0.3) is 0 Å². The molecule has 0 saturated carbocycles. The second kappa shape index (κ2) is 9.63. The molecular formula is C24H35N7O3. The number of piperidine rings is 1. The molecular weight excluding hydrogens is 434 g/mol. The number of carbonyl (C=O) groups is 1. The smallest absolute Gasteiger partial charge is 0.276 e. The third-order valence-corrected chi connectivity index (χ3v) is 6.47. The highest BCUT2D eigenvalue weighted by Crippen LogP contribution is 2.43. The van der Waals surface area contributed by atoms with E-state index < -0.39 is 6.35 Å². The van der Waals surface area contributed by atoms with Gasteiger partial charge in [0, 0.05) is 44.4 Å². The molecule has 2 atom stereocenters. The molecule has 0 bridgehead atoms. The first-order valence-electron chi connectivity index (χ1n) is 11.7. The Kier molecular flexibility index (Phi) is 6.81. The van der Waals surface area contributed by atoms with E-state index in [0.717, 1.165) is 36.3 Å². The molecule has 1 saturated heterocycles. The number of nitrogens with zero attached hydrogens (tertiary/aromatic N) is 6. The van der Waals surface area contributed by atoms with Crippen molar-refractivity contribution in [2.45, 2.75) is 65.6 Å². The van der Waals surface area contributed by atoms with Crippen LogP contribution in [0.5, 0.6) is 0 Å². The van der Waals surface area contributed by atoms with Gasteiger partial charge in [0.1, 0.15) is 23.0 Å². The van der Waals surface area contributed by atoms with E-state index in [1.54, 1.807) is 24.9 Å². The van der Waals surface area contributed by atoms with Crippen molar-refractivity contribution in [3.63, 3.8) is 0 Å². The van der Waals surface area contributed by atoms with E-state index in [9.17, 15) is 9.90 Å². The number of aliphatic hydroxyl groups excluding tert-OH is 1. The van der Waals surface area contributed by atoms with E-state index in [1.165, 1.54) is 4.90 Å². The molecule has 0 spiro atoms. The van der Waals surface area contributed by atoms with Crippen molar-refractivity contribution in [2.24, 2.45) is 10.7 Å². The van der Waals surface area contributed by atoms with Crippen molar-refractivity contribution in [2.75, 3.05) is 29.9 Å². The van der Waals surface area contributed by atoms with Crippen molar-refractivity contribution in [3.8, 4) is 0 Å². The van der Waals surface area contributed by atoms with Gasteiger partial charge in [-0.05, 0) is 40.3 Å². The zero-order valence-electron chi connectivity index (χ0n) is 20.5. The molecule has 0 aliphatic carbocycles. The SMILES string of the molecule is C=NCc1c2c(n(CC=C(C)C)c1N1CCCC(N)C1)C(=O)N(Cc1cc(C)on1)C(O)N2C. The average molecular weight is 470 g/mol. The number of aliphatic imine (C=N–C) groups is 1. The lowest BCUT2D eigenvalue weighted by molar-refractivity contribution is -0.00133. The summed E-state index contributed by atoms with van der Waals surface area (Å²) >= 11 is 0. The van der Waals surface area contributed by atoms with Gasteiger partial charge in [-0.2, -0.15) is 0 Å². The maximum atomic E-state index is 13.9. The predicted octanol–water partition coefficient (Wildman–Crippen LogP) is 2.25. The Morgan fingerprint density at radius 2 is 2.21 bits per heavy atom. The quantitative estimate of drug-likeness (QED) is 0.472. The number of aromatic nitrogens is 2. The summed E-state index contributed by atoms with van der Waals surface area (Å²) in [5.41, 5.74) is 10.2. The number of aliphatic hydroxyl groups is 1. The lowest BCUT2D eigenvalue weighted by Gasteiger charge is -2.39. The lowest BCUT2D eigenvalue weighted by atomic mass is 10.1. The molecule has 2 aliphatic rings. The summed E-state index contributed by atoms with van der Waals surface area (Å²) in [6.07, 6.45) is 2.89. The largest absolute Gasteiger partial charge is 0.361 e. The van der Waals surface area contributed by atoms with Gasteiger partial charge in [-0.15, -0.1) is 0 Å². The highest BCUT2D eigenvalue weighted by molar-refractivity contribution is 6.03. The summed E-state index contributed by atoms with van der Waals surface area (Å²) in [6, 6.07) is 1.83. The van der Waals surface area contributed by atoms with Crippen LogP contribution in [-0.2, 0) is 19.6 Å². The Hall–Kier alpha value is -3.11. The van der Waals surface area contributed by atoms with Gasteiger partial charge in [0.25, 0.3) is 5.91 Å². The van der Waals surface area contributed by atoms with E-state index in [-0.39, 0.29) is 18.5 Å². The third kappa shape index (κ3) is 4.35. The standard InChI is InChI=1S/C24H35N7O3/c1-15(2)8-10-30-21-20(19(12-26-4)22(30)29-9-6-7-17(25)13-29)28(5)24(33)31(23(21)32)14-18-11-16(3)34-27-18/h8,11,17,24,33H,4,6-7,9-10,12-14,25H2,1-3,5H3. The zero-order valence-corrected chi connectivity index (χ0v) is 20.5. The number of amides is 1. The summed E-state index contributed by atoms with van der Waals surface area (Å²) in [7, 11) is 1.79. The number of nitrogens with two attached hydrogens (primary N) is 1. The average Bonchev–Trinajstić information content (AvgIpc) is 3.34. The maximum Gasteiger partial charge on any atom is 0.276 e. The van der Waals surface area contributed by atoms with Crippen LogP contribution in [0, 0.1) is 6.92 Å². The highest BCUT2D eigenvalue weighted by atomic mass is 16.5. The fourth-order valence-electron chi connectivity index (χ4n) is 4.90. The van der Waals surface area contributed by atoms with E-state index in [1.807, 2.05) is 18.4 Å². The van der Waals surface area contributed by atoms with Crippen molar-refractivity contribution in [1.82, 2.24) is 14.6 Å². The topological polar surface area (TPSA) is 116 Å². The molecule has 1 fully saturated rings. The van der Waals surface area contributed by atoms with Gasteiger partial charge < -0.3 is 29.7 Å². The van der Waals surface area contributed by atoms with Crippen LogP contribution in [0.1, 0.15) is 54.2 Å². The molecule has 3 N–H and O–H groups in total. The number of fused-ring (bicyclic) bond motifs is 1. The molecule has 2 aromatic heterocycles. The van der Waals surface area contributed by atoms with E-state index in [0.29, 0.717) is 42.5 Å². The minimum Gasteiger partial charge on any atom is -0.361 e. The first-order valence-corrected chi connectivity index (χ1v) is 11.7. The van der Waals surface area contributed by atoms with Gasteiger partial charge in [0.15, 0.2) is 0 Å². The Balaban J connectivity index is 1.88. The number of anilines is 2. The number of rotatable bonds is 7. The summed E-state index contributed by atoms with van der Waals surface area (Å²) in [6.45, 7) is 12.1. The van der Waals surface area contributed by atoms with Crippen LogP contribution in [0.15, 0.2) is 27.2 Å². The minimum absolute atomic E-state index is 0.0630. The third-order valence-electron chi connectivity index (χ3n) is 6.47. The fourth-order valence-corrected chi connectivity index (χ4v) is 4.90. The molecule has 1 amide bonds. The number of hydrogen-bond acceptors (Lipinski definition) is 8. The molecule has 10 heteroatoms. The number of carbonyl (C=O) groups excluding carboxylic acids is 1. The van der Waals surface area contributed by atoms with Crippen LogP contribution >= 0.6 is 0 Å². The van der Waals surface area contributed by atoms with E-state index in [4.69, 9.17) is 10.3 Å². The molecule has 10 nitrogen and oxygen atoms in total. The maximum absolute atomic E-state index is 13.9.